The fourth-order valence-corrected chi connectivity index (χ4v) is 3.67. The summed E-state index contributed by atoms with van der Waals surface area (Å²) < 4.78 is 0. The Labute approximate surface area is 117 Å². The van der Waals surface area contributed by atoms with Crippen LogP contribution in [0.2, 0.25) is 0 Å². The van der Waals surface area contributed by atoms with Crippen molar-refractivity contribution < 1.29 is 9.90 Å². The van der Waals surface area contributed by atoms with Crippen LogP contribution in [0.5, 0.6) is 0 Å². The molecule has 19 heavy (non-hydrogen) atoms. The molecule has 0 aromatic carbocycles. The average molecular weight is 267 g/mol. The summed E-state index contributed by atoms with van der Waals surface area (Å²) in [7, 11) is 0. The molecule has 0 heterocycles. The topological polar surface area (TPSA) is 49.3 Å². The molecule has 2 N–H and O–H groups in total. The van der Waals surface area contributed by atoms with E-state index in [4.69, 9.17) is 5.11 Å². The first-order valence-corrected chi connectivity index (χ1v) is 8.19. The van der Waals surface area contributed by atoms with Crippen LogP contribution in [0.4, 0.5) is 0 Å². The van der Waals surface area contributed by atoms with Gasteiger partial charge >= 0.3 is 5.97 Å². The Bertz CT molecular complexity index is 264. The molecule has 0 atom stereocenters. The van der Waals surface area contributed by atoms with Gasteiger partial charge in [-0.25, -0.2) is 0 Å². The minimum Gasteiger partial charge on any atom is -0.481 e. The molecular formula is C16H29NO2. The highest BCUT2D eigenvalue weighted by Gasteiger charge is 2.25. The second-order valence-corrected chi connectivity index (χ2v) is 6.57. The highest BCUT2D eigenvalue weighted by molar-refractivity contribution is 5.69. The van der Waals surface area contributed by atoms with E-state index in [9.17, 15) is 4.79 Å². The SMILES string of the molecule is O=C(O)C1CCC(CNCC2CCCCCC2)CC1. The van der Waals surface area contributed by atoms with Crippen LogP contribution in [0.15, 0.2) is 0 Å². The first kappa shape index (κ1) is 14.8. The fourth-order valence-electron chi connectivity index (χ4n) is 3.67. The Morgan fingerprint density at radius 1 is 0.842 bits per heavy atom. The van der Waals surface area contributed by atoms with Crippen LogP contribution in [-0.2, 0) is 4.79 Å². The molecule has 0 bridgehead atoms. The zero-order chi connectivity index (χ0) is 13.5. The quantitative estimate of drug-likeness (QED) is 0.750. The molecule has 0 aromatic rings. The summed E-state index contributed by atoms with van der Waals surface area (Å²) >= 11 is 0. The van der Waals surface area contributed by atoms with Gasteiger partial charge in [0.15, 0.2) is 0 Å². The summed E-state index contributed by atoms with van der Waals surface area (Å²) in [5.74, 6) is 0.933. The second kappa shape index (κ2) is 7.88. The summed E-state index contributed by atoms with van der Waals surface area (Å²) in [5.41, 5.74) is 0. The zero-order valence-electron chi connectivity index (χ0n) is 12.1. The van der Waals surface area contributed by atoms with E-state index in [2.05, 4.69) is 5.32 Å². The van der Waals surface area contributed by atoms with Gasteiger partial charge in [-0.3, -0.25) is 4.79 Å². The molecule has 0 aliphatic heterocycles. The number of rotatable bonds is 5. The van der Waals surface area contributed by atoms with Crippen molar-refractivity contribution in [3.8, 4) is 0 Å². The third-order valence-corrected chi connectivity index (χ3v) is 5.04. The van der Waals surface area contributed by atoms with Crippen LogP contribution in [0, 0.1) is 17.8 Å². The molecule has 3 nitrogen and oxygen atoms in total. The summed E-state index contributed by atoms with van der Waals surface area (Å²) in [6, 6.07) is 0. The largest absolute Gasteiger partial charge is 0.481 e. The molecule has 2 fully saturated rings. The number of hydrogen-bond donors (Lipinski definition) is 2. The van der Waals surface area contributed by atoms with Crippen molar-refractivity contribution >= 4 is 5.97 Å². The third-order valence-electron chi connectivity index (χ3n) is 5.04. The summed E-state index contributed by atoms with van der Waals surface area (Å²) in [5, 5.41) is 12.6. The minimum atomic E-state index is -0.593. The van der Waals surface area contributed by atoms with Gasteiger partial charge in [0.25, 0.3) is 0 Å². The van der Waals surface area contributed by atoms with Gasteiger partial charge in [0.05, 0.1) is 5.92 Å². The molecule has 0 aromatic heterocycles. The lowest BCUT2D eigenvalue weighted by Crippen LogP contribution is -2.31. The highest BCUT2D eigenvalue weighted by Crippen LogP contribution is 2.28. The van der Waals surface area contributed by atoms with E-state index in [1.165, 1.54) is 45.1 Å². The summed E-state index contributed by atoms with van der Waals surface area (Å²) in [6.07, 6.45) is 12.4. The van der Waals surface area contributed by atoms with Gasteiger partial charge in [-0.2, -0.15) is 0 Å². The Morgan fingerprint density at radius 3 is 1.89 bits per heavy atom. The van der Waals surface area contributed by atoms with Crippen LogP contribution in [0.3, 0.4) is 0 Å². The van der Waals surface area contributed by atoms with Crippen molar-refractivity contribution in [1.82, 2.24) is 5.32 Å². The van der Waals surface area contributed by atoms with E-state index >= 15 is 0 Å². The van der Waals surface area contributed by atoms with Crippen molar-refractivity contribution in [1.29, 1.82) is 0 Å². The van der Waals surface area contributed by atoms with Crippen LogP contribution in [0.25, 0.3) is 0 Å². The van der Waals surface area contributed by atoms with Crippen LogP contribution >= 0.6 is 0 Å². The maximum atomic E-state index is 10.9. The van der Waals surface area contributed by atoms with E-state index in [1.54, 1.807) is 0 Å². The summed E-state index contributed by atoms with van der Waals surface area (Å²) in [4.78, 5) is 10.9. The van der Waals surface area contributed by atoms with Crippen LogP contribution in [0.1, 0.15) is 64.2 Å². The van der Waals surface area contributed by atoms with Gasteiger partial charge in [0, 0.05) is 0 Å². The first-order valence-electron chi connectivity index (χ1n) is 8.19. The maximum absolute atomic E-state index is 10.9. The lowest BCUT2D eigenvalue weighted by molar-refractivity contribution is -0.143. The Morgan fingerprint density at radius 2 is 1.37 bits per heavy atom. The lowest BCUT2D eigenvalue weighted by Gasteiger charge is -2.27. The standard InChI is InChI=1S/C16H29NO2/c18-16(19)15-9-7-14(8-10-15)12-17-11-13-5-3-1-2-4-6-13/h13-15,17H,1-12H2,(H,18,19). The molecule has 2 rings (SSSR count). The third kappa shape index (κ3) is 5.13. The van der Waals surface area contributed by atoms with Crippen molar-refractivity contribution in [2.75, 3.05) is 13.1 Å². The molecule has 2 aliphatic rings. The highest BCUT2D eigenvalue weighted by atomic mass is 16.4. The van der Waals surface area contributed by atoms with Gasteiger partial charge < -0.3 is 10.4 Å². The molecule has 3 heteroatoms. The van der Waals surface area contributed by atoms with Crippen molar-refractivity contribution in [2.45, 2.75) is 64.2 Å². The van der Waals surface area contributed by atoms with Crippen LogP contribution in [-0.4, -0.2) is 24.2 Å². The maximum Gasteiger partial charge on any atom is 0.306 e. The number of aliphatic carboxylic acids is 1. The Kier molecular flexibility index (Phi) is 6.15. The average Bonchev–Trinajstić information content (AvgIpc) is 2.68. The van der Waals surface area contributed by atoms with Gasteiger partial charge in [0.1, 0.15) is 0 Å². The number of carboxylic acid groups (broad SMARTS) is 1. The normalized spacial score (nSPS) is 29.9. The van der Waals surface area contributed by atoms with E-state index in [0.717, 1.165) is 38.1 Å². The van der Waals surface area contributed by atoms with E-state index in [-0.39, 0.29) is 5.92 Å². The molecule has 0 saturated heterocycles. The van der Waals surface area contributed by atoms with E-state index in [0.29, 0.717) is 5.92 Å². The number of carbonyl (C=O) groups is 1. The first-order chi connectivity index (χ1) is 9.25. The van der Waals surface area contributed by atoms with Crippen molar-refractivity contribution in [3.05, 3.63) is 0 Å². The Hall–Kier alpha value is -0.570. The molecular weight excluding hydrogens is 238 g/mol. The molecule has 0 amide bonds. The van der Waals surface area contributed by atoms with E-state index in [1.807, 2.05) is 0 Å². The monoisotopic (exact) mass is 267 g/mol. The second-order valence-electron chi connectivity index (χ2n) is 6.57. The molecule has 110 valence electrons. The van der Waals surface area contributed by atoms with Gasteiger partial charge in [-0.15, -0.1) is 0 Å². The molecule has 0 spiro atoms. The molecule has 0 radical (unpaired) electrons. The lowest BCUT2D eigenvalue weighted by atomic mass is 9.82. The van der Waals surface area contributed by atoms with E-state index < -0.39 is 5.97 Å². The predicted octanol–water partition coefficient (Wildman–Crippen LogP) is 3.44. The summed E-state index contributed by atoms with van der Waals surface area (Å²) in [6.45, 7) is 2.28. The Balaban J connectivity index is 1.57. The van der Waals surface area contributed by atoms with Gasteiger partial charge in [-0.1, -0.05) is 25.7 Å². The molecule has 2 aliphatic carbocycles. The minimum absolute atomic E-state index is 0.0712. The number of carboxylic acids is 1. The van der Waals surface area contributed by atoms with Crippen molar-refractivity contribution in [3.63, 3.8) is 0 Å². The van der Waals surface area contributed by atoms with Gasteiger partial charge in [-0.05, 0) is 63.5 Å². The van der Waals surface area contributed by atoms with Crippen molar-refractivity contribution in [2.24, 2.45) is 17.8 Å². The predicted molar refractivity (Wildman–Crippen MR) is 77.1 cm³/mol. The fraction of sp³-hybridized carbons (Fsp3) is 0.938. The van der Waals surface area contributed by atoms with Crippen LogP contribution < -0.4 is 5.32 Å². The number of hydrogen-bond acceptors (Lipinski definition) is 2. The van der Waals surface area contributed by atoms with Gasteiger partial charge in [0.2, 0.25) is 0 Å². The molecule has 0 unspecified atom stereocenters. The molecule has 2 saturated carbocycles. The number of nitrogens with one attached hydrogen (secondary N) is 1. The zero-order valence-corrected chi connectivity index (χ0v) is 12.1. The smallest absolute Gasteiger partial charge is 0.306 e.